The van der Waals surface area contributed by atoms with Crippen molar-refractivity contribution in [2.45, 2.75) is 19.3 Å². The van der Waals surface area contributed by atoms with Gasteiger partial charge in [-0.05, 0) is 36.8 Å². The molecule has 1 amide bonds. The number of carbonyl (C=O) groups excluding carboxylic acids is 1. The summed E-state index contributed by atoms with van der Waals surface area (Å²) in [6, 6.07) is 7.22. The average molecular weight is 333 g/mol. The van der Waals surface area contributed by atoms with Gasteiger partial charge in [-0.1, -0.05) is 12.1 Å². The van der Waals surface area contributed by atoms with Gasteiger partial charge in [0.05, 0.1) is 18.1 Å². The molecule has 6 heteroatoms. The monoisotopic (exact) mass is 333 g/mol. The summed E-state index contributed by atoms with van der Waals surface area (Å²) in [7, 11) is 1.60. The number of aliphatic carboxylic acids is 1. The van der Waals surface area contributed by atoms with Gasteiger partial charge in [-0.3, -0.25) is 9.59 Å². The van der Waals surface area contributed by atoms with Crippen LogP contribution in [0.4, 0.5) is 0 Å². The maximum Gasteiger partial charge on any atom is 0.307 e. The zero-order valence-corrected chi connectivity index (χ0v) is 13.9. The normalized spacial score (nSPS) is 21.5. The second kappa shape index (κ2) is 6.81. The van der Waals surface area contributed by atoms with Crippen molar-refractivity contribution in [2.75, 3.05) is 33.4 Å². The lowest BCUT2D eigenvalue weighted by Gasteiger charge is -2.33. The van der Waals surface area contributed by atoms with Crippen molar-refractivity contribution in [1.82, 2.24) is 4.90 Å². The van der Waals surface area contributed by atoms with E-state index < -0.39 is 5.97 Å². The highest BCUT2D eigenvalue weighted by atomic mass is 16.5. The van der Waals surface area contributed by atoms with Gasteiger partial charge in [-0.15, -0.1) is 0 Å². The van der Waals surface area contributed by atoms with Crippen LogP contribution >= 0.6 is 0 Å². The van der Waals surface area contributed by atoms with Gasteiger partial charge in [-0.2, -0.15) is 0 Å². The number of rotatable bonds is 6. The van der Waals surface area contributed by atoms with E-state index in [0.717, 1.165) is 19.3 Å². The van der Waals surface area contributed by atoms with Crippen LogP contribution in [-0.2, 0) is 9.53 Å². The summed E-state index contributed by atoms with van der Waals surface area (Å²) >= 11 is 0. The Hall–Kier alpha value is -2.08. The van der Waals surface area contributed by atoms with Gasteiger partial charge >= 0.3 is 5.97 Å². The van der Waals surface area contributed by atoms with Crippen LogP contribution in [0, 0.1) is 11.3 Å². The number of nitrogens with zero attached hydrogens (tertiary/aromatic N) is 1. The minimum Gasteiger partial charge on any atom is -0.490 e. The number of hydrogen-bond acceptors (Lipinski definition) is 4. The standard InChI is InChI=1S/C18H23NO5/c1-23-10-11-24-15-5-3-2-4-13(15)16(20)19-8-6-18(7-9-19)12-14(18)17(21)22/h2-5,14H,6-12H2,1H3,(H,21,22). The molecule has 0 aromatic heterocycles. The maximum absolute atomic E-state index is 12.8. The molecule has 1 aromatic carbocycles. The fraction of sp³-hybridized carbons (Fsp3) is 0.556. The van der Waals surface area contributed by atoms with Gasteiger partial charge in [0.1, 0.15) is 12.4 Å². The largest absolute Gasteiger partial charge is 0.490 e. The number of likely N-dealkylation sites (tertiary alicyclic amines) is 1. The molecule has 6 nitrogen and oxygen atoms in total. The second-order valence-electron chi connectivity index (χ2n) is 6.59. The third-order valence-corrected chi connectivity index (χ3v) is 5.20. The number of hydrogen-bond donors (Lipinski definition) is 1. The van der Waals surface area contributed by atoms with Crippen LogP contribution in [-0.4, -0.2) is 55.3 Å². The first-order valence-corrected chi connectivity index (χ1v) is 8.30. The number of carboxylic acids is 1. The number of benzene rings is 1. The lowest BCUT2D eigenvalue weighted by Crippen LogP contribution is -2.40. The third kappa shape index (κ3) is 3.24. The van der Waals surface area contributed by atoms with Crippen LogP contribution < -0.4 is 4.74 Å². The molecule has 1 N–H and O–H groups in total. The highest BCUT2D eigenvalue weighted by Crippen LogP contribution is 2.59. The van der Waals surface area contributed by atoms with Crippen LogP contribution in [0.25, 0.3) is 0 Å². The summed E-state index contributed by atoms with van der Waals surface area (Å²) in [6.45, 7) is 2.07. The molecule has 1 saturated heterocycles. The van der Waals surface area contributed by atoms with Crippen LogP contribution in [0.5, 0.6) is 5.75 Å². The van der Waals surface area contributed by atoms with E-state index in [2.05, 4.69) is 0 Å². The highest BCUT2D eigenvalue weighted by Gasteiger charge is 2.59. The van der Waals surface area contributed by atoms with Gasteiger partial charge < -0.3 is 19.5 Å². The molecule has 1 unspecified atom stereocenters. The highest BCUT2D eigenvalue weighted by molar-refractivity contribution is 5.97. The van der Waals surface area contributed by atoms with E-state index >= 15 is 0 Å². The van der Waals surface area contributed by atoms with Crippen LogP contribution in [0.2, 0.25) is 0 Å². The Labute approximate surface area is 141 Å². The Morgan fingerprint density at radius 2 is 1.96 bits per heavy atom. The molecule has 1 aromatic rings. The maximum atomic E-state index is 12.8. The minimum absolute atomic E-state index is 0.0506. The van der Waals surface area contributed by atoms with Crippen LogP contribution in [0.3, 0.4) is 0 Å². The number of carbonyl (C=O) groups is 2. The predicted molar refractivity (Wildman–Crippen MR) is 87.1 cm³/mol. The second-order valence-corrected chi connectivity index (χ2v) is 6.59. The summed E-state index contributed by atoms with van der Waals surface area (Å²) in [5, 5.41) is 9.16. The van der Waals surface area contributed by atoms with Gasteiger partial charge in [0.25, 0.3) is 5.91 Å². The number of piperidine rings is 1. The Morgan fingerprint density at radius 1 is 1.25 bits per heavy atom. The number of para-hydroxylation sites is 1. The smallest absolute Gasteiger partial charge is 0.307 e. The van der Waals surface area contributed by atoms with E-state index in [0.29, 0.717) is 37.6 Å². The molecule has 1 saturated carbocycles. The van der Waals surface area contributed by atoms with Crippen molar-refractivity contribution in [3.63, 3.8) is 0 Å². The molecule has 1 atom stereocenters. The first-order chi connectivity index (χ1) is 11.6. The van der Waals surface area contributed by atoms with Crippen molar-refractivity contribution in [1.29, 1.82) is 0 Å². The molecular weight excluding hydrogens is 310 g/mol. The summed E-state index contributed by atoms with van der Waals surface area (Å²) in [5.41, 5.74) is 0.479. The van der Waals surface area contributed by atoms with Crippen molar-refractivity contribution >= 4 is 11.9 Å². The van der Waals surface area contributed by atoms with E-state index in [-0.39, 0.29) is 17.2 Å². The summed E-state index contributed by atoms with van der Waals surface area (Å²) < 4.78 is 10.6. The van der Waals surface area contributed by atoms with E-state index in [1.54, 1.807) is 24.1 Å². The molecule has 1 spiro atoms. The number of carboxylic acid groups (broad SMARTS) is 1. The Morgan fingerprint density at radius 3 is 2.58 bits per heavy atom. The van der Waals surface area contributed by atoms with Gasteiger partial charge in [-0.25, -0.2) is 0 Å². The lowest BCUT2D eigenvalue weighted by molar-refractivity contribution is -0.139. The quantitative estimate of drug-likeness (QED) is 0.806. The summed E-state index contributed by atoms with van der Waals surface area (Å²) in [6.07, 6.45) is 2.28. The van der Waals surface area contributed by atoms with E-state index in [1.165, 1.54) is 0 Å². The fourth-order valence-corrected chi connectivity index (χ4v) is 3.58. The lowest BCUT2D eigenvalue weighted by atomic mass is 9.90. The molecule has 1 heterocycles. The number of ether oxygens (including phenoxy) is 2. The number of amides is 1. The predicted octanol–water partition coefficient (Wildman–Crippen LogP) is 2.04. The molecule has 1 aliphatic heterocycles. The Bertz CT molecular complexity index is 622. The van der Waals surface area contributed by atoms with Crippen molar-refractivity contribution in [3.05, 3.63) is 29.8 Å². The van der Waals surface area contributed by atoms with Gasteiger partial charge in [0.15, 0.2) is 0 Å². The molecule has 0 bridgehead atoms. The van der Waals surface area contributed by atoms with Crippen molar-refractivity contribution < 1.29 is 24.2 Å². The fourth-order valence-electron chi connectivity index (χ4n) is 3.58. The number of methoxy groups -OCH3 is 1. The average Bonchev–Trinajstić information content (AvgIpc) is 3.30. The summed E-state index contributed by atoms with van der Waals surface area (Å²) in [5.74, 6) is -0.411. The molecule has 1 aliphatic carbocycles. The third-order valence-electron chi connectivity index (χ3n) is 5.20. The minimum atomic E-state index is -0.702. The zero-order chi connectivity index (χ0) is 17.2. The Balaban J connectivity index is 1.63. The van der Waals surface area contributed by atoms with Gasteiger partial charge in [0, 0.05) is 20.2 Å². The van der Waals surface area contributed by atoms with Gasteiger partial charge in [0.2, 0.25) is 0 Å². The molecule has 24 heavy (non-hydrogen) atoms. The molecular formula is C18H23NO5. The first-order valence-electron chi connectivity index (χ1n) is 8.30. The first kappa shape index (κ1) is 16.8. The molecule has 130 valence electrons. The van der Waals surface area contributed by atoms with Crippen LogP contribution in [0.1, 0.15) is 29.6 Å². The van der Waals surface area contributed by atoms with Crippen molar-refractivity contribution in [3.8, 4) is 5.75 Å². The molecule has 0 radical (unpaired) electrons. The topological polar surface area (TPSA) is 76.1 Å². The molecule has 2 aliphatic rings. The SMILES string of the molecule is COCCOc1ccccc1C(=O)N1CCC2(CC1)CC2C(=O)O. The van der Waals surface area contributed by atoms with E-state index in [1.807, 2.05) is 12.1 Å². The molecule has 2 fully saturated rings. The summed E-state index contributed by atoms with van der Waals surface area (Å²) in [4.78, 5) is 25.7. The van der Waals surface area contributed by atoms with Crippen LogP contribution in [0.15, 0.2) is 24.3 Å². The zero-order valence-electron chi connectivity index (χ0n) is 13.9. The Kier molecular flexibility index (Phi) is 4.76. The van der Waals surface area contributed by atoms with E-state index in [4.69, 9.17) is 14.6 Å². The van der Waals surface area contributed by atoms with E-state index in [9.17, 15) is 9.59 Å². The van der Waals surface area contributed by atoms with Crippen molar-refractivity contribution in [2.24, 2.45) is 11.3 Å². The molecule has 3 rings (SSSR count).